The summed E-state index contributed by atoms with van der Waals surface area (Å²) < 4.78 is 4.87. The van der Waals surface area contributed by atoms with Crippen LogP contribution in [0.2, 0.25) is 0 Å². The van der Waals surface area contributed by atoms with Gasteiger partial charge in [-0.05, 0) is 13.8 Å². The van der Waals surface area contributed by atoms with E-state index in [1.165, 1.54) is 13.8 Å². The van der Waals surface area contributed by atoms with Crippen molar-refractivity contribution in [3.8, 4) is 0 Å². The molecule has 0 aliphatic carbocycles. The van der Waals surface area contributed by atoms with Crippen LogP contribution < -0.4 is 0 Å². The zero-order valence-electron chi connectivity index (χ0n) is 9.15. The summed E-state index contributed by atoms with van der Waals surface area (Å²) in [5.41, 5.74) is 0. The van der Waals surface area contributed by atoms with Crippen LogP contribution in [-0.4, -0.2) is 68.6 Å². The van der Waals surface area contributed by atoms with Crippen LogP contribution in [0.5, 0.6) is 0 Å². The number of aliphatic hydroxyl groups is 4. The molecule has 0 amide bonds. The standard InChI is InChI=1S/C9H18O7/c1-4(11)7(13)8(6(12)3-10)16-5(2)9(14)15/h4-8,10-13H,3H2,1-2H3,(H,14,15)/t4-,5+,6-,7-,8-/m1/s1. The van der Waals surface area contributed by atoms with Crippen LogP contribution in [0, 0.1) is 0 Å². The van der Waals surface area contributed by atoms with E-state index in [9.17, 15) is 15.0 Å². The number of hydrogen-bond donors (Lipinski definition) is 5. The first-order chi connectivity index (χ1) is 7.31. The van der Waals surface area contributed by atoms with Gasteiger partial charge in [-0.25, -0.2) is 4.79 Å². The Balaban J connectivity index is 4.61. The molecule has 0 unspecified atom stereocenters. The van der Waals surface area contributed by atoms with Crippen molar-refractivity contribution >= 4 is 5.97 Å². The summed E-state index contributed by atoms with van der Waals surface area (Å²) in [4.78, 5) is 10.5. The van der Waals surface area contributed by atoms with E-state index in [1.807, 2.05) is 0 Å². The molecule has 0 rings (SSSR count). The van der Waals surface area contributed by atoms with Gasteiger partial charge in [-0.15, -0.1) is 0 Å². The maximum absolute atomic E-state index is 10.5. The number of carboxylic acid groups (broad SMARTS) is 1. The molecule has 0 aromatic carbocycles. The van der Waals surface area contributed by atoms with E-state index in [4.69, 9.17) is 20.1 Å². The van der Waals surface area contributed by atoms with Crippen molar-refractivity contribution < 1.29 is 35.1 Å². The summed E-state index contributed by atoms with van der Waals surface area (Å²) in [6.07, 6.45) is -6.79. The second-order valence-electron chi connectivity index (χ2n) is 3.56. The molecule has 16 heavy (non-hydrogen) atoms. The van der Waals surface area contributed by atoms with Gasteiger partial charge < -0.3 is 30.3 Å². The first kappa shape index (κ1) is 15.3. The van der Waals surface area contributed by atoms with Crippen molar-refractivity contribution in [1.82, 2.24) is 0 Å². The summed E-state index contributed by atoms with van der Waals surface area (Å²) >= 11 is 0. The molecule has 0 saturated heterocycles. The highest BCUT2D eigenvalue weighted by molar-refractivity contribution is 5.71. The maximum atomic E-state index is 10.5. The van der Waals surface area contributed by atoms with Crippen molar-refractivity contribution in [2.45, 2.75) is 44.4 Å². The Bertz CT molecular complexity index is 218. The van der Waals surface area contributed by atoms with Crippen LogP contribution in [0.1, 0.15) is 13.8 Å². The summed E-state index contributed by atoms with van der Waals surface area (Å²) in [5.74, 6) is -1.27. The minimum absolute atomic E-state index is 0.708. The monoisotopic (exact) mass is 238 g/mol. The fourth-order valence-electron chi connectivity index (χ4n) is 1.07. The Kier molecular flexibility index (Phi) is 6.46. The number of rotatable bonds is 7. The normalized spacial score (nSPS) is 20.9. The predicted molar refractivity (Wildman–Crippen MR) is 52.8 cm³/mol. The van der Waals surface area contributed by atoms with E-state index >= 15 is 0 Å². The van der Waals surface area contributed by atoms with Gasteiger partial charge in [0.2, 0.25) is 0 Å². The number of aliphatic hydroxyl groups excluding tert-OH is 4. The van der Waals surface area contributed by atoms with Gasteiger partial charge in [0.1, 0.15) is 18.3 Å². The molecule has 0 heterocycles. The van der Waals surface area contributed by atoms with E-state index in [2.05, 4.69) is 0 Å². The van der Waals surface area contributed by atoms with Crippen molar-refractivity contribution in [2.75, 3.05) is 6.61 Å². The molecule has 0 saturated carbocycles. The van der Waals surface area contributed by atoms with Crippen LogP contribution >= 0.6 is 0 Å². The van der Waals surface area contributed by atoms with Crippen LogP contribution in [0.25, 0.3) is 0 Å². The Morgan fingerprint density at radius 3 is 2.06 bits per heavy atom. The molecule has 0 aromatic rings. The Labute approximate surface area is 92.9 Å². The molecule has 0 radical (unpaired) electrons. The molecule has 7 heteroatoms. The lowest BCUT2D eigenvalue weighted by atomic mass is 10.0. The molecule has 0 fully saturated rings. The lowest BCUT2D eigenvalue weighted by Gasteiger charge is -2.29. The molecule has 0 aliphatic rings. The van der Waals surface area contributed by atoms with Crippen LogP contribution in [-0.2, 0) is 9.53 Å². The third-order valence-electron chi connectivity index (χ3n) is 2.11. The van der Waals surface area contributed by atoms with Crippen molar-refractivity contribution in [3.63, 3.8) is 0 Å². The summed E-state index contributed by atoms with van der Waals surface area (Å²) in [6.45, 7) is 1.77. The highest BCUT2D eigenvalue weighted by atomic mass is 16.5. The van der Waals surface area contributed by atoms with Gasteiger partial charge in [-0.1, -0.05) is 0 Å². The van der Waals surface area contributed by atoms with Crippen LogP contribution in [0.4, 0.5) is 0 Å². The zero-order chi connectivity index (χ0) is 12.9. The van der Waals surface area contributed by atoms with Gasteiger partial charge in [-0.2, -0.15) is 0 Å². The lowest BCUT2D eigenvalue weighted by molar-refractivity contribution is -0.178. The molecule has 7 nitrogen and oxygen atoms in total. The molecular formula is C9H18O7. The minimum Gasteiger partial charge on any atom is -0.479 e. The van der Waals surface area contributed by atoms with Gasteiger partial charge >= 0.3 is 5.97 Å². The number of carboxylic acids is 1. The van der Waals surface area contributed by atoms with E-state index in [-0.39, 0.29) is 0 Å². The SMILES string of the molecule is C[C@H](O[C@@H]([C@H](O)[C@@H](C)O)[C@H](O)CO)C(=O)O. The highest BCUT2D eigenvalue weighted by Crippen LogP contribution is 2.12. The summed E-state index contributed by atoms with van der Waals surface area (Å²) in [6, 6.07) is 0. The topological polar surface area (TPSA) is 127 Å². The lowest BCUT2D eigenvalue weighted by Crippen LogP contribution is -2.49. The van der Waals surface area contributed by atoms with E-state index in [0.717, 1.165) is 0 Å². The Morgan fingerprint density at radius 2 is 1.75 bits per heavy atom. The number of carbonyl (C=O) groups is 1. The minimum atomic E-state index is -1.48. The molecule has 0 bridgehead atoms. The molecule has 5 N–H and O–H groups in total. The smallest absolute Gasteiger partial charge is 0.332 e. The van der Waals surface area contributed by atoms with Crippen molar-refractivity contribution in [1.29, 1.82) is 0 Å². The average Bonchev–Trinajstić information content (AvgIpc) is 2.23. The van der Waals surface area contributed by atoms with Gasteiger partial charge in [0.15, 0.2) is 6.10 Å². The molecule has 0 aromatic heterocycles. The number of hydrogen-bond acceptors (Lipinski definition) is 6. The highest BCUT2D eigenvalue weighted by Gasteiger charge is 2.33. The average molecular weight is 238 g/mol. The Hall–Kier alpha value is -0.730. The molecule has 0 spiro atoms. The molecule has 5 atom stereocenters. The van der Waals surface area contributed by atoms with Gasteiger partial charge in [-0.3, -0.25) is 0 Å². The quantitative estimate of drug-likeness (QED) is 0.345. The van der Waals surface area contributed by atoms with Gasteiger partial charge in [0.25, 0.3) is 0 Å². The second-order valence-corrected chi connectivity index (χ2v) is 3.56. The second kappa shape index (κ2) is 6.77. The number of aliphatic carboxylic acids is 1. The fraction of sp³-hybridized carbons (Fsp3) is 0.889. The number of ether oxygens (including phenoxy) is 1. The van der Waals surface area contributed by atoms with Crippen LogP contribution in [0.15, 0.2) is 0 Å². The molecule has 96 valence electrons. The third-order valence-corrected chi connectivity index (χ3v) is 2.11. The first-order valence-electron chi connectivity index (χ1n) is 4.84. The van der Waals surface area contributed by atoms with Gasteiger partial charge in [0, 0.05) is 0 Å². The van der Waals surface area contributed by atoms with E-state index in [0.29, 0.717) is 0 Å². The third kappa shape index (κ3) is 4.42. The Morgan fingerprint density at radius 1 is 1.25 bits per heavy atom. The molecular weight excluding hydrogens is 220 g/mol. The van der Waals surface area contributed by atoms with Crippen molar-refractivity contribution in [2.24, 2.45) is 0 Å². The molecule has 0 aliphatic heterocycles. The zero-order valence-corrected chi connectivity index (χ0v) is 9.15. The first-order valence-corrected chi connectivity index (χ1v) is 4.84. The fourth-order valence-corrected chi connectivity index (χ4v) is 1.07. The van der Waals surface area contributed by atoms with E-state index in [1.54, 1.807) is 0 Å². The van der Waals surface area contributed by atoms with Gasteiger partial charge in [0.05, 0.1) is 12.7 Å². The summed E-state index contributed by atoms with van der Waals surface area (Å²) in [5, 5.41) is 45.2. The van der Waals surface area contributed by atoms with Crippen molar-refractivity contribution in [3.05, 3.63) is 0 Å². The summed E-state index contributed by atoms with van der Waals surface area (Å²) in [7, 11) is 0. The van der Waals surface area contributed by atoms with E-state index < -0.39 is 43.1 Å². The predicted octanol–water partition coefficient (Wildman–Crippen LogP) is -2.06. The maximum Gasteiger partial charge on any atom is 0.332 e. The van der Waals surface area contributed by atoms with Crippen LogP contribution in [0.3, 0.4) is 0 Å². The largest absolute Gasteiger partial charge is 0.479 e.